The Balaban J connectivity index is 1.54. The normalized spacial score (nSPS) is 20.2. The average molecular weight is 413 g/mol. The fourth-order valence-electron chi connectivity index (χ4n) is 4.74. The number of rotatable bonds is 5. The number of imidazole rings is 1. The smallest absolute Gasteiger partial charge is 0.245 e. The van der Waals surface area contributed by atoms with Crippen molar-refractivity contribution in [2.45, 2.75) is 64.0 Å². The van der Waals surface area contributed by atoms with Gasteiger partial charge in [-0.3, -0.25) is 9.59 Å². The van der Waals surface area contributed by atoms with Crippen molar-refractivity contribution in [3.63, 3.8) is 0 Å². The van der Waals surface area contributed by atoms with Gasteiger partial charge in [-0.05, 0) is 37.8 Å². The minimum atomic E-state index is -0.334. The Hall–Kier alpha value is -2.41. The molecule has 1 aromatic heterocycles. The van der Waals surface area contributed by atoms with Crippen LogP contribution in [0.4, 0.5) is 0 Å². The zero-order valence-corrected chi connectivity index (χ0v) is 18.0. The van der Waals surface area contributed by atoms with Gasteiger partial charge in [0.05, 0.1) is 23.2 Å². The van der Waals surface area contributed by atoms with Crippen molar-refractivity contribution in [2.75, 3.05) is 26.2 Å². The molecule has 162 valence electrons. The predicted molar refractivity (Wildman–Crippen MR) is 115 cm³/mol. The topological polar surface area (TPSA) is 76.5 Å². The minimum Gasteiger partial charge on any atom is -0.372 e. The molecule has 1 atom stereocenters. The van der Waals surface area contributed by atoms with Gasteiger partial charge in [0.25, 0.3) is 0 Å². The lowest BCUT2D eigenvalue weighted by molar-refractivity contribution is -0.141. The number of hydrogen-bond donors (Lipinski definition) is 1. The van der Waals surface area contributed by atoms with Crippen LogP contribution in [0.25, 0.3) is 11.0 Å². The van der Waals surface area contributed by atoms with Gasteiger partial charge in [-0.2, -0.15) is 0 Å². The van der Waals surface area contributed by atoms with Crippen LogP contribution in [0.2, 0.25) is 0 Å². The molecule has 7 nitrogen and oxygen atoms in total. The van der Waals surface area contributed by atoms with Crippen molar-refractivity contribution in [1.29, 1.82) is 0 Å². The predicted octanol–water partition coefficient (Wildman–Crippen LogP) is 2.84. The highest BCUT2D eigenvalue weighted by molar-refractivity contribution is 5.84. The molecule has 2 saturated heterocycles. The maximum absolute atomic E-state index is 13.6. The summed E-state index contributed by atoms with van der Waals surface area (Å²) in [6.45, 7) is 6.52. The van der Waals surface area contributed by atoms with Gasteiger partial charge in [-0.25, -0.2) is 4.98 Å². The van der Waals surface area contributed by atoms with Crippen LogP contribution >= 0.6 is 0 Å². The zero-order valence-electron chi connectivity index (χ0n) is 18.0. The molecule has 0 aliphatic carbocycles. The average Bonchev–Trinajstić information content (AvgIpc) is 3.01. The highest BCUT2D eigenvalue weighted by atomic mass is 16.5. The number of ether oxygens (including phenoxy) is 1. The lowest BCUT2D eigenvalue weighted by atomic mass is 9.90. The van der Waals surface area contributed by atoms with E-state index in [1.54, 1.807) is 0 Å². The second-order valence-corrected chi connectivity index (χ2v) is 8.44. The number of amides is 2. The van der Waals surface area contributed by atoms with Crippen molar-refractivity contribution < 1.29 is 14.3 Å². The van der Waals surface area contributed by atoms with Crippen molar-refractivity contribution in [3.05, 3.63) is 30.1 Å². The Labute approximate surface area is 177 Å². The van der Waals surface area contributed by atoms with Crippen LogP contribution in [-0.4, -0.2) is 58.1 Å². The Bertz CT molecular complexity index is 914. The molecule has 2 aromatic rings. The first-order valence-electron chi connectivity index (χ1n) is 11.2. The number of aromatic nitrogens is 2. The van der Waals surface area contributed by atoms with Crippen LogP contribution in [-0.2, 0) is 20.7 Å². The highest BCUT2D eigenvalue weighted by Crippen LogP contribution is 2.31. The van der Waals surface area contributed by atoms with Crippen LogP contribution in [0, 0.1) is 0 Å². The number of aryl methyl sites for hydroxylation is 1. The quantitative estimate of drug-likeness (QED) is 0.819. The third-order valence-electron chi connectivity index (χ3n) is 6.46. The number of nitrogens with one attached hydrogen (secondary N) is 1. The summed E-state index contributed by atoms with van der Waals surface area (Å²) in [7, 11) is 0. The van der Waals surface area contributed by atoms with E-state index in [2.05, 4.69) is 29.8 Å². The van der Waals surface area contributed by atoms with E-state index in [1.165, 1.54) is 0 Å². The number of benzene rings is 1. The van der Waals surface area contributed by atoms with E-state index in [9.17, 15) is 9.59 Å². The molecule has 1 N–H and O–H groups in total. The summed E-state index contributed by atoms with van der Waals surface area (Å²) in [5.41, 5.74) is 1.65. The highest BCUT2D eigenvalue weighted by Gasteiger charge is 2.40. The number of para-hydroxylation sites is 2. The molecule has 1 spiro atoms. The molecule has 0 saturated carbocycles. The molecule has 2 fully saturated rings. The molecule has 0 bridgehead atoms. The molecule has 1 aromatic carbocycles. The largest absolute Gasteiger partial charge is 0.372 e. The number of likely N-dealkylation sites (tertiary alicyclic amines) is 1. The molecule has 1 unspecified atom stereocenters. The second-order valence-electron chi connectivity index (χ2n) is 8.44. The number of carbonyl (C=O) groups is 2. The molecule has 4 rings (SSSR count). The van der Waals surface area contributed by atoms with Gasteiger partial charge in [-0.15, -0.1) is 0 Å². The van der Waals surface area contributed by atoms with Gasteiger partial charge in [0.2, 0.25) is 11.8 Å². The number of piperidine rings is 1. The summed E-state index contributed by atoms with van der Waals surface area (Å²) in [5.74, 6) is 1.19. The first kappa shape index (κ1) is 20.8. The van der Waals surface area contributed by atoms with E-state index in [4.69, 9.17) is 9.72 Å². The van der Waals surface area contributed by atoms with Gasteiger partial charge in [0.15, 0.2) is 0 Å². The number of hydrogen-bond acceptors (Lipinski definition) is 4. The maximum atomic E-state index is 13.6. The lowest BCUT2D eigenvalue weighted by Crippen LogP contribution is -2.53. The van der Waals surface area contributed by atoms with Crippen LogP contribution in [0.5, 0.6) is 0 Å². The van der Waals surface area contributed by atoms with Crippen LogP contribution in [0.15, 0.2) is 24.3 Å². The Morgan fingerprint density at radius 3 is 2.77 bits per heavy atom. The second kappa shape index (κ2) is 8.76. The van der Waals surface area contributed by atoms with E-state index in [-0.39, 0.29) is 23.5 Å². The number of fused-ring (bicyclic) bond motifs is 1. The van der Waals surface area contributed by atoms with Gasteiger partial charge < -0.3 is 19.5 Å². The third kappa shape index (κ3) is 3.95. The molecular formula is C23H32N4O3. The molecule has 30 heavy (non-hydrogen) atoms. The number of carbonyl (C=O) groups excluding carboxylic acids is 2. The van der Waals surface area contributed by atoms with Crippen LogP contribution in [0.3, 0.4) is 0 Å². The summed E-state index contributed by atoms with van der Waals surface area (Å²) >= 11 is 0. The van der Waals surface area contributed by atoms with Crippen LogP contribution in [0.1, 0.15) is 57.8 Å². The molecular weight excluding hydrogens is 380 g/mol. The zero-order chi connectivity index (χ0) is 21.1. The summed E-state index contributed by atoms with van der Waals surface area (Å²) < 4.78 is 8.22. The minimum absolute atomic E-state index is 0.0480. The first-order chi connectivity index (χ1) is 14.6. The SMILES string of the molecule is CCCc1nc2ccccc2n1C(CC)C(=O)N1CCC2(CC1)CNC(=O)CCO2. The van der Waals surface area contributed by atoms with Gasteiger partial charge in [0.1, 0.15) is 11.9 Å². The van der Waals surface area contributed by atoms with E-state index in [1.807, 2.05) is 23.1 Å². The monoisotopic (exact) mass is 412 g/mol. The van der Waals surface area contributed by atoms with Gasteiger partial charge in [0, 0.05) is 32.5 Å². The van der Waals surface area contributed by atoms with Gasteiger partial charge in [-0.1, -0.05) is 26.0 Å². The summed E-state index contributed by atoms with van der Waals surface area (Å²) in [4.78, 5) is 32.0. The third-order valence-corrected chi connectivity index (χ3v) is 6.46. The molecule has 0 radical (unpaired) electrons. The molecule has 2 aliphatic rings. The number of nitrogens with zero attached hydrogens (tertiary/aromatic N) is 3. The molecule has 7 heteroatoms. The Morgan fingerprint density at radius 2 is 2.03 bits per heavy atom. The molecule has 2 amide bonds. The van der Waals surface area contributed by atoms with Crippen molar-refractivity contribution >= 4 is 22.8 Å². The van der Waals surface area contributed by atoms with Crippen molar-refractivity contribution in [1.82, 2.24) is 19.8 Å². The fraction of sp³-hybridized carbons (Fsp3) is 0.609. The lowest BCUT2D eigenvalue weighted by Gasteiger charge is -2.41. The molecule has 3 heterocycles. The van der Waals surface area contributed by atoms with Crippen LogP contribution < -0.4 is 5.32 Å². The van der Waals surface area contributed by atoms with Crippen molar-refractivity contribution in [3.8, 4) is 0 Å². The fourth-order valence-corrected chi connectivity index (χ4v) is 4.74. The van der Waals surface area contributed by atoms with E-state index in [0.29, 0.717) is 32.7 Å². The van der Waals surface area contributed by atoms with Crippen molar-refractivity contribution in [2.24, 2.45) is 0 Å². The summed E-state index contributed by atoms with van der Waals surface area (Å²) in [6, 6.07) is 7.83. The van der Waals surface area contributed by atoms with E-state index < -0.39 is 0 Å². The Kier molecular flexibility index (Phi) is 6.09. The first-order valence-corrected chi connectivity index (χ1v) is 11.2. The van der Waals surface area contributed by atoms with E-state index >= 15 is 0 Å². The summed E-state index contributed by atoms with van der Waals surface area (Å²) in [5, 5.41) is 2.97. The summed E-state index contributed by atoms with van der Waals surface area (Å²) in [6.07, 6.45) is 4.49. The molecule has 2 aliphatic heterocycles. The maximum Gasteiger partial charge on any atom is 0.245 e. The Morgan fingerprint density at radius 1 is 1.27 bits per heavy atom. The van der Waals surface area contributed by atoms with E-state index in [0.717, 1.165) is 49.0 Å². The standard InChI is InChI=1S/C23H32N4O3/c1-3-7-20-25-17-8-5-6-9-19(17)27(20)18(4-2)22(29)26-13-11-23(12-14-26)16-24-21(28)10-15-30-23/h5-6,8-9,18H,3-4,7,10-16H2,1-2H3,(H,24,28). The van der Waals surface area contributed by atoms with Gasteiger partial charge >= 0.3 is 0 Å².